The monoisotopic (exact) mass is 238 g/mol. The number of nitrogens with zero attached hydrogens (tertiary/aromatic N) is 2. The van der Waals surface area contributed by atoms with Gasteiger partial charge in [0.25, 0.3) is 0 Å². The Bertz CT molecular complexity index is 443. The average Bonchev–Trinajstić information content (AvgIpc) is 2.35. The van der Waals surface area contributed by atoms with Gasteiger partial charge in [0.15, 0.2) is 5.71 Å². The molecule has 1 heterocycles. The van der Waals surface area contributed by atoms with Crippen molar-refractivity contribution >= 4 is 11.7 Å². The lowest BCUT2D eigenvalue weighted by molar-refractivity contribution is -0.132. The lowest BCUT2D eigenvalue weighted by atomic mass is 10.1. The van der Waals surface area contributed by atoms with E-state index in [1.807, 2.05) is 6.92 Å². The van der Waals surface area contributed by atoms with Gasteiger partial charge in [0.1, 0.15) is 7.11 Å². The van der Waals surface area contributed by atoms with Crippen LogP contribution in [0.2, 0.25) is 0 Å². The van der Waals surface area contributed by atoms with Crippen LogP contribution in [0.15, 0.2) is 17.3 Å². The highest BCUT2D eigenvalue weighted by molar-refractivity contribution is 6.43. The minimum atomic E-state index is -0.615. The van der Waals surface area contributed by atoms with Crippen LogP contribution in [0, 0.1) is 6.92 Å². The fraction of sp³-hybridized carbons (Fsp3) is 0.364. The molecular formula is C11H14N2O4. The fourth-order valence-corrected chi connectivity index (χ4v) is 1.25. The van der Waals surface area contributed by atoms with Crippen molar-refractivity contribution < 1.29 is 19.1 Å². The molecule has 0 amide bonds. The van der Waals surface area contributed by atoms with Crippen molar-refractivity contribution in [1.29, 1.82) is 0 Å². The van der Waals surface area contributed by atoms with Gasteiger partial charge in [-0.25, -0.2) is 9.78 Å². The predicted octanol–water partition coefficient (Wildman–Crippen LogP) is 0.922. The Labute approximate surface area is 99.2 Å². The van der Waals surface area contributed by atoms with Crippen LogP contribution in [0.5, 0.6) is 5.88 Å². The van der Waals surface area contributed by atoms with E-state index >= 15 is 0 Å². The molecule has 1 rings (SSSR count). The molecule has 0 spiro atoms. The second kappa shape index (κ2) is 5.83. The van der Waals surface area contributed by atoms with Crippen LogP contribution in [0.25, 0.3) is 0 Å². The first-order chi connectivity index (χ1) is 8.13. The van der Waals surface area contributed by atoms with Gasteiger partial charge < -0.3 is 14.3 Å². The first-order valence-corrected chi connectivity index (χ1v) is 4.85. The van der Waals surface area contributed by atoms with Crippen molar-refractivity contribution in [3.8, 4) is 5.88 Å². The molecule has 1 aromatic heterocycles. The molecule has 0 saturated carbocycles. The molecule has 0 bridgehead atoms. The summed E-state index contributed by atoms with van der Waals surface area (Å²) in [6.45, 7) is 1.82. The third-order valence-electron chi connectivity index (χ3n) is 2.01. The minimum absolute atomic E-state index is 0.0133. The zero-order chi connectivity index (χ0) is 12.8. The maximum absolute atomic E-state index is 11.5. The number of pyridine rings is 1. The Morgan fingerprint density at radius 3 is 2.53 bits per heavy atom. The van der Waals surface area contributed by atoms with Gasteiger partial charge in [0.05, 0.1) is 19.8 Å². The number of carbonyl (C=O) groups excluding carboxylic acids is 1. The van der Waals surface area contributed by atoms with Gasteiger partial charge in [-0.2, -0.15) is 0 Å². The topological polar surface area (TPSA) is 70.0 Å². The van der Waals surface area contributed by atoms with E-state index in [0.717, 1.165) is 5.69 Å². The van der Waals surface area contributed by atoms with Gasteiger partial charge >= 0.3 is 5.97 Å². The zero-order valence-corrected chi connectivity index (χ0v) is 10.2. The molecule has 1 aromatic rings. The summed E-state index contributed by atoms with van der Waals surface area (Å²) >= 11 is 0. The van der Waals surface area contributed by atoms with Crippen LogP contribution < -0.4 is 4.74 Å². The van der Waals surface area contributed by atoms with E-state index in [9.17, 15) is 4.79 Å². The molecule has 0 aliphatic carbocycles. The van der Waals surface area contributed by atoms with Crippen LogP contribution in [0.1, 0.15) is 11.3 Å². The van der Waals surface area contributed by atoms with Gasteiger partial charge in [-0.05, 0) is 19.1 Å². The van der Waals surface area contributed by atoms with Crippen molar-refractivity contribution in [1.82, 2.24) is 4.98 Å². The van der Waals surface area contributed by atoms with Crippen molar-refractivity contribution in [2.45, 2.75) is 6.92 Å². The van der Waals surface area contributed by atoms with Crippen molar-refractivity contribution in [3.63, 3.8) is 0 Å². The summed E-state index contributed by atoms with van der Waals surface area (Å²) < 4.78 is 9.71. The summed E-state index contributed by atoms with van der Waals surface area (Å²) in [5, 5.41) is 3.63. The van der Waals surface area contributed by atoms with E-state index in [2.05, 4.69) is 19.7 Å². The third-order valence-corrected chi connectivity index (χ3v) is 2.01. The van der Waals surface area contributed by atoms with Gasteiger partial charge in [0, 0.05) is 5.69 Å². The number of aromatic nitrogens is 1. The Balaban J connectivity index is 3.28. The molecule has 0 unspecified atom stereocenters. The van der Waals surface area contributed by atoms with E-state index in [0.29, 0.717) is 11.4 Å². The zero-order valence-electron chi connectivity index (χ0n) is 10.2. The molecule has 0 aliphatic rings. The lowest BCUT2D eigenvalue weighted by Crippen LogP contribution is -2.19. The number of rotatable bonds is 4. The average molecular weight is 238 g/mol. The van der Waals surface area contributed by atoms with E-state index in [-0.39, 0.29) is 5.71 Å². The second-order valence-electron chi connectivity index (χ2n) is 3.12. The minimum Gasteiger partial charge on any atom is -0.480 e. The number of hydrogen-bond acceptors (Lipinski definition) is 6. The van der Waals surface area contributed by atoms with E-state index in [1.165, 1.54) is 21.3 Å². The molecule has 0 fully saturated rings. The molecule has 0 atom stereocenters. The van der Waals surface area contributed by atoms with Crippen molar-refractivity contribution in [2.75, 3.05) is 21.3 Å². The predicted molar refractivity (Wildman–Crippen MR) is 61.1 cm³/mol. The normalized spacial score (nSPS) is 10.9. The van der Waals surface area contributed by atoms with Gasteiger partial charge in [0.2, 0.25) is 5.88 Å². The maximum atomic E-state index is 11.5. The highest BCUT2D eigenvalue weighted by Gasteiger charge is 2.20. The molecule has 0 radical (unpaired) electrons. The lowest BCUT2D eigenvalue weighted by Gasteiger charge is -2.08. The maximum Gasteiger partial charge on any atom is 0.360 e. The second-order valence-corrected chi connectivity index (χ2v) is 3.12. The summed E-state index contributed by atoms with van der Waals surface area (Å²) in [5.41, 5.74) is 1.21. The molecule has 0 aromatic carbocycles. The Morgan fingerprint density at radius 1 is 1.29 bits per heavy atom. The molecular weight excluding hydrogens is 224 g/mol. The largest absolute Gasteiger partial charge is 0.480 e. The molecule has 6 nitrogen and oxygen atoms in total. The smallest absolute Gasteiger partial charge is 0.360 e. The summed E-state index contributed by atoms with van der Waals surface area (Å²) in [6.07, 6.45) is 0. The number of aryl methyl sites for hydroxylation is 1. The SMILES string of the molecule is CO/N=C(\C(=O)OC)c1ccc(C)nc1OC. The number of ether oxygens (including phenoxy) is 2. The Kier molecular flexibility index (Phi) is 4.45. The van der Waals surface area contributed by atoms with Crippen LogP contribution in [0.4, 0.5) is 0 Å². The standard InChI is InChI=1S/C11H14N2O4/c1-7-5-6-8(10(12-7)15-2)9(13-17-4)11(14)16-3/h5-6H,1-4H3/b13-9-. The first kappa shape index (κ1) is 13.0. The summed E-state index contributed by atoms with van der Waals surface area (Å²) in [5.74, 6) is -0.318. The molecule has 0 N–H and O–H groups in total. The number of hydrogen-bond donors (Lipinski definition) is 0. The molecule has 17 heavy (non-hydrogen) atoms. The Morgan fingerprint density at radius 2 is 2.00 bits per heavy atom. The number of carbonyl (C=O) groups is 1. The van der Waals surface area contributed by atoms with E-state index < -0.39 is 5.97 Å². The molecule has 6 heteroatoms. The third kappa shape index (κ3) is 2.93. The molecule has 92 valence electrons. The van der Waals surface area contributed by atoms with Gasteiger partial charge in [-0.1, -0.05) is 5.16 Å². The van der Waals surface area contributed by atoms with Crippen LogP contribution in [0.3, 0.4) is 0 Å². The summed E-state index contributed by atoms with van der Waals surface area (Å²) in [7, 11) is 4.08. The fourth-order valence-electron chi connectivity index (χ4n) is 1.25. The van der Waals surface area contributed by atoms with Gasteiger partial charge in [-0.3, -0.25) is 0 Å². The molecule has 0 aliphatic heterocycles. The highest BCUT2D eigenvalue weighted by Crippen LogP contribution is 2.17. The number of methoxy groups -OCH3 is 2. The summed E-state index contributed by atoms with van der Waals surface area (Å²) in [4.78, 5) is 20.3. The van der Waals surface area contributed by atoms with Crippen LogP contribution in [-0.2, 0) is 14.4 Å². The summed E-state index contributed by atoms with van der Waals surface area (Å²) in [6, 6.07) is 3.42. The van der Waals surface area contributed by atoms with E-state index in [1.54, 1.807) is 12.1 Å². The highest BCUT2D eigenvalue weighted by atomic mass is 16.6. The molecule has 0 saturated heterocycles. The Hall–Kier alpha value is -2.11. The number of esters is 1. The van der Waals surface area contributed by atoms with Gasteiger partial charge in [-0.15, -0.1) is 0 Å². The van der Waals surface area contributed by atoms with Crippen LogP contribution in [-0.4, -0.2) is 38.0 Å². The van der Waals surface area contributed by atoms with Crippen LogP contribution >= 0.6 is 0 Å². The quantitative estimate of drug-likeness (QED) is 0.443. The van der Waals surface area contributed by atoms with Crippen molar-refractivity contribution in [3.05, 3.63) is 23.4 Å². The van der Waals surface area contributed by atoms with Crippen molar-refractivity contribution in [2.24, 2.45) is 5.16 Å². The first-order valence-electron chi connectivity index (χ1n) is 4.85. The van der Waals surface area contributed by atoms with E-state index in [4.69, 9.17) is 4.74 Å². The number of oxime groups is 1.